The number of nitrogens with zero attached hydrogens (tertiary/aromatic N) is 1. The normalized spacial score (nSPS) is 18.2. The Balaban J connectivity index is 1.55. The molecule has 0 saturated carbocycles. The van der Waals surface area contributed by atoms with E-state index < -0.39 is 0 Å². The highest BCUT2D eigenvalue weighted by Gasteiger charge is 2.26. The summed E-state index contributed by atoms with van der Waals surface area (Å²) in [5.74, 6) is -0.131. The summed E-state index contributed by atoms with van der Waals surface area (Å²) >= 11 is 0. The number of fused-ring (bicyclic) bond motifs is 1. The Labute approximate surface area is 117 Å². The van der Waals surface area contributed by atoms with Crippen LogP contribution in [-0.2, 0) is 16.1 Å². The van der Waals surface area contributed by atoms with Gasteiger partial charge < -0.3 is 15.2 Å². The van der Waals surface area contributed by atoms with Crippen LogP contribution in [0.1, 0.15) is 12.8 Å². The summed E-state index contributed by atoms with van der Waals surface area (Å²) in [6.45, 7) is 1.28. The molecular weight excluding hydrogens is 254 g/mol. The Morgan fingerprint density at radius 2 is 2.20 bits per heavy atom. The molecule has 20 heavy (non-hydrogen) atoms. The molecule has 0 radical (unpaired) electrons. The molecule has 2 N–H and O–H groups in total. The highest BCUT2D eigenvalue weighted by molar-refractivity contribution is 5.90. The van der Waals surface area contributed by atoms with Gasteiger partial charge in [0.25, 0.3) is 0 Å². The molecule has 1 aliphatic heterocycles. The van der Waals surface area contributed by atoms with Crippen molar-refractivity contribution in [2.75, 3.05) is 6.54 Å². The first-order valence-electron chi connectivity index (χ1n) is 6.85. The number of hydrogen-bond acceptors (Lipinski definition) is 2. The Morgan fingerprint density at radius 3 is 3.00 bits per heavy atom. The Bertz CT molecular complexity index is 647. The number of carbonyl (C=O) groups excluding carboxylic acids is 2. The number of para-hydroxylation sites is 1. The van der Waals surface area contributed by atoms with E-state index >= 15 is 0 Å². The maximum atomic E-state index is 11.8. The molecule has 0 spiro atoms. The van der Waals surface area contributed by atoms with Crippen LogP contribution >= 0.6 is 0 Å². The maximum absolute atomic E-state index is 11.8. The Morgan fingerprint density at radius 1 is 1.35 bits per heavy atom. The molecule has 104 valence electrons. The number of nitrogens with one attached hydrogen (secondary N) is 2. The average Bonchev–Trinajstić information content (AvgIpc) is 3.06. The molecule has 1 aromatic carbocycles. The zero-order valence-electron chi connectivity index (χ0n) is 11.1. The van der Waals surface area contributed by atoms with Crippen molar-refractivity contribution in [1.82, 2.24) is 15.2 Å². The van der Waals surface area contributed by atoms with E-state index in [1.165, 1.54) is 5.39 Å². The van der Waals surface area contributed by atoms with Gasteiger partial charge >= 0.3 is 0 Å². The van der Waals surface area contributed by atoms with Crippen LogP contribution in [0.2, 0.25) is 0 Å². The molecule has 1 aromatic heterocycles. The van der Waals surface area contributed by atoms with Gasteiger partial charge in [0, 0.05) is 31.2 Å². The van der Waals surface area contributed by atoms with Crippen LogP contribution in [0.25, 0.3) is 10.9 Å². The fourth-order valence-electron chi connectivity index (χ4n) is 2.57. The van der Waals surface area contributed by atoms with Crippen molar-refractivity contribution in [3.8, 4) is 0 Å². The highest BCUT2D eigenvalue weighted by Crippen LogP contribution is 2.14. The van der Waals surface area contributed by atoms with Crippen LogP contribution in [0.3, 0.4) is 0 Å². The van der Waals surface area contributed by atoms with Crippen LogP contribution < -0.4 is 10.6 Å². The summed E-state index contributed by atoms with van der Waals surface area (Å²) in [5.41, 5.74) is 1.16. The molecule has 1 unspecified atom stereocenters. The average molecular weight is 271 g/mol. The highest BCUT2D eigenvalue weighted by atomic mass is 16.2. The zero-order chi connectivity index (χ0) is 13.9. The van der Waals surface area contributed by atoms with Crippen LogP contribution in [0.15, 0.2) is 36.5 Å². The molecule has 1 aliphatic rings. The lowest BCUT2D eigenvalue weighted by Crippen LogP contribution is -2.42. The standard InChI is InChI=1S/C15H17N3O2/c19-14-6-5-12(17-14)15(20)16-8-10-18-9-7-11-3-1-2-4-13(11)18/h1-4,7,9,12H,5-6,8,10H2,(H,16,20)(H,17,19). The van der Waals surface area contributed by atoms with E-state index in [-0.39, 0.29) is 17.9 Å². The van der Waals surface area contributed by atoms with Crippen LogP contribution in [0.5, 0.6) is 0 Å². The second-order valence-corrected chi connectivity index (χ2v) is 5.02. The van der Waals surface area contributed by atoms with Crippen molar-refractivity contribution >= 4 is 22.7 Å². The second kappa shape index (κ2) is 5.36. The van der Waals surface area contributed by atoms with Gasteiger partial charge in [0.05, 0.1) is 0 Å². The zero-order valence-corrected chi connectivity index (χ0v) is 11.1. The van der Waals surface area contributed by atoms with E-state index in [9.17, 15) is 9.59 Å². The van der Waals surface area contributed by atoms with Gasteiger partial charge in [0.15, 0.2) is 0 Å². The second-order valence-electron chi connectivity index (χ2n) is 5.02. The lowest BCUT2D eigenvalue weighted by Gasteiger charge is -2.11. The third kappa shape index (κ3) is 2.52. The van der Waals surface area contributed by atoms with Crippen molar-refractivity contribution in [1.29, 1.82) is 0 Å². The predicted molar refractivity (Wildman–Crippen MR) is 76.1 cm³/mol. The molecule has 3 rings (SSSR count). The van der Waals surface area contributed by atoms with Gasteiger partial charge in [-0.25, -0.2) is 0 Å². The van der Waals surface area contributed by atoms with Crippen molar-refractivity contribution in [3.05, 3.63) is 36.5 Å². The summed E-state index contributed by atoms with van der Waals surface area (Å²) in [7, 11) is 0. The van der Waals surface area contributed by atoms with E-state index in [1.54, 1.807) is 0 Å². The third-order valence-electron chi connectivity index (χ3n) is 3.64. The minimum absolute atomic E-state index is 0.0402. The van der Waals surface area contributed by atoms with Crippen molar-refractivity contribution in [2.24, 2.45) is 0 Å². The van der Waals surface area contributed by atoms with E-state index in [0.717, 1.165) is 12.1 Å². The molecule has 5 nitrogen and oxygen atoms in total. The minimum Gasteiger partial charge on any atom is -0.353 e. The van der Waals surface area contributed by atoms with Gasteiger partial charge in [-0.15, -0.1) is 0 Å². The van der Waals surface area contributed by atoms with Gasteiger partial charge in [0.1, 0.15) is 6.04 Å². The first-order chi connectivity index (χ1) is 9.74. The summed E-state index contributed by atoms with van der Waals surface area (Å²) in [4.78, 5) is 22.9. The molecule has 1 saturated heterocycles. The van der Waals surface area contributed by atoms with Crippen molar-refractivity contribution in [2.45, 2.75) is 25.4 Å². The molecular formula is C15H17N3O2. The molecule has 1 fully saturated rings. The van der Waals surface area contributed by atoms with E-state index in [4.69, 9.17) is 0 Å². The molecule has 0 bridgehead atoms. The largest absolute Gasteiger partial charge is 0.353 e. The number of hydrogen-bond donors (Lipinski definition) is 2. The number of rotatable bonds is 4. The Hall–Kier alpha value is -2.30. The SMILES string of the molecule is O=C1CCC(C(=O)NCCn2ccc3ccccc32)N1. The number of carbonyl (C=O) groups is 2. The number of benzene rings is 1. The third-order valence-corrected chi connectivity index (χ3v) is 3.64. The first kappa shape index (κ1) is 12.7. The number of amides is 2. The molecule has 2 amide bonds. The molecule has 0 aliphatic carbocycles. The van der Waals surface area contributed by atoms with Gasteiger partial charge in [-0.3, -0.25) is 9.59 Å². The van der Waals surface area contributed by atoms with Crippen molar-refractivity contribution in [3.63, 3.8) is 0 Å². The molecule has 2 heterocycles. The monoisotopic (exact) mass is 271 g/mol. The molecule has 5 heteroatoms. The van der Waals surface area contributed by atoms with Crippen molar-refractivity contribution < 1.29 is 9.59 Å². The lowest BCUT2D eigenvalue weighted by atomic mass is 10.2. The first-order valence-corrected chi connectivity index (χ1v) is 6.85. The predicted octanol–water partition coefficient (Wildman–Crippen LogP) is 1.04. The maximum Gasteiger partial charge on any atom is 0.242 e. The quantitative estimate of drug-likeness (QED) is 0.872. The molecule has 1 atom stereocenters. The van der Waals surface area contributed by atoms with E-state index in [2.05, 4.69) is 33.4 Å². The fraction of sp³-hybridized carbons (Fsp3) is 0.333. The van der Waals surface area contributed by atoms with Crippen LogP contribution in [-0.4, -0.2) is 29.0 Å². The van der Waals surface area contributed by atoms with Crippen LogP contribution in [0.4, 0.5) is 0 Å². The topological polar surface area (TPSA) is 63.1 Å². The van der Waals surface area contributed by atoms with Gasteiger partial charge in [-0.05, 0) is 23.9 Å². The number of aromatic nitrogens is 1. The van der Waals surface area contributed by atoms with E-state index in [1.807, 2.05) is 18.3 Å². The minimum atomic E-state index is -0.357. The fourth-order valence-corrected chi connectivity index (χ4v) is 2.57. The van der Waals surface area contributed by atoms with E-state index in [0.29, 0.717) is 19.4 Å². The summed E-state index contributed by atoms with van der Waals surface area (Å²) in [6, 6.07) is 9.85. The van der Waals surface area contributed by atoms with Gasteiger partial charge in [-0.2, -0.15) is 0 Å². The summed E-state index contributed by atoms with van der Waals surface area (Å²) in [5, 5.41) is 6.74. The smallest absolute Gasteiger partial charge is 0.242 e. The molecule has 2 aromatic rings. The summed E-state index contributed by atoms with van der Waals surface area (Å²) in [6.07, 6.45) is 3.06. The van der Waals surface area contributed by atoms with Crippen LogP contribution in [0, 0.1) is 0 Å². The lowest BCUT2D eigenvalue weighted by molar-refractivity contribution is -0.125. The Kier molecular flexibility index (Phi) is 3.41. The summed E-state index contributed by atoms with van der Waals surface area (Å²) < 4.78 is 2.11. The van der Waals surface area contributed by atoms with Gasteiger partial charge in [-0.1, -0.05) is 18.2 Å². The van der Waals surface area contributed by atoms with Gasteiger partial charge in [0.2, 0.25) is 11.8 Å².